The fourth-order valence-electron chi connectivity index (χ4n) is 2.05. The highest BCUT2D eigenvalue weighted by Crippen LogP contribution is 2.27. The van der Waals surface area contributed by atoms with Crippen molar-refractivity contribution in [1.82, 2.24) is 9.62 Å². The minimum Gasteiger partial charge on any atom is -0.496 e. The molecule has 120 valence electrons. The zero-order valence-corrected chi connectivity index (χ0v) is 15.3. The lowest BCUT2D eigenvalue weighted by Gasteiger charge is -2.23. The van der Waals surface area contributed by atoms with Gasteiger partial charge in [0.2, 0.25) is 10.0 Å². The van der Waals surface area contributed by atoms with Gasteiger partial charge in [-0.1, -0.05) is 13.8 Å². The third kappa shape index (κ3) is 5.25. The van der Waals surface area contributed by atoms with E-state index in [1.165, 1.54) is 6.07 Å². The maximum absolute atomic E-state index is 12.4. The predicted octanol–water partition coefficient (Wildman–Crippen LogP) is 2.47. The number of hydrogen-bond acceptors (Lipinski definition) is 4. The van der Waals surface area contributed by atoms with E-state index in [0.717, 1.165) is 13.1 Å². The van der Waals surface area contributed by atoms with Crippen LogP contribution in [-0.2, 0) is 10.0 Å². The zero-order chi connectivity index (χ0) is 16.0. The third-order valence-electron chi connectivity index (χ3n) is 3.22. The van der Waals surface area contributed by atoms with E-state index in [9.17, 15) is 8.42 Å². The monoisotopic (exact) mass is 378 g/mol. The van der Waals surface area contributed by atoms with Gasteiger partial charge in [-0.3, -0.25) is 0 Å². The number of sulfonamides is 1. The summed E-state index contributed by atoms with van der Waals surface area (Å²) < 4.78 is 33.1. The van der Waals surface area contributed by atoms with Gasteiger partial charge in [-0.15, -0.1) is 0 Å². The van der Waals surface area contributed by atoms with Crippen molar-refractivity contribution in [3.63, 3.8) is 0 Å². The van der Waals surface area contributed by atoms with E-state index >= 15 is 0 Å². The summed E-state index contributed by atoms with van der Waals surface area (Å²) in [7, 11) is -1.99. The van der Waals surface area contributed by atoms with Crippen LogP contribution in [0, 0.1) is 0 Å². The Morgan fingerprint density at radius 2 is 1.95 bits per heavy atom. The molecular formula is C14H23BrN2O3S. The summed E-state index contributed by atoms with van der Waals surface area (Å²) in [4.78, 5) is 2.40. The van der Waals surface area contributed by atoms with Crippen LogP contribution in [0.1, 0.15) is 20.8 Å². The van der Waals surface area contributed by atoms with Crippen molar-refractivity contribution in [2.24, 2.45) is 0 Å². The Morgan fingerprint density at radius 1 is 1.33 bits per heavy atom. The topological polar surface area (TPSA) is 58.6 Å². The van der Waals surface area contributed by atoms with Crippen LogP contribution in [-0.4, -0.2) is 46.1 Å². The van der Waals surface area contributed by atoms with Crippen LogP contribution in [0.25, 0.3) is 0 Å². The van der Waals surface area contributed by atoms with Crippen LogP contribution in [0.15, 0.2) is 27.6 Å². The number of benzene rings is 1. The Bertz CT molecular complexity index is 559. The summed E-state index contributed by atoms with van der Waals surface area (Å²) >= 11 is 3.30. The van der Waals surface area contributed by atoms with Crippen LogP contribution in [0.2, 0.25) is 0 Å². The van der Waals surface area contributed by atoms with E-state index in [0.29, 0.717) is 16.8 Å². The molecule has 0 aromatic heterocycles. The average Bonchev–Trinajstić information content (AvgIpc) is 2.44. The first-order chi connectivity index (χ1) is 9.83. The average molecular weight is 379 g/mol. The van der Waals surface area contributed by atoms with Gasteiger partial charge in [-0.2, -0.15) is 0 Å². The fourth-order valence-corrected chi connectivity index (χ4v) is 4.01. The van der Waals surface area contributed by atoms with Gasteiger partial charge < -0.3 is 9.64 Å². The highest BCUT2D eigenvalue weighted by atomic mass is 79.9. The Kier molecular flexibility index (Phi) is 7.12. The van der Waals surface area contributed by atoms with Gasteiger partial charge in [0, 0.05) is 12.6 Å². The molecule has 0 radical (unpaired) electrons. The Labute approximate surface area is 135 Å². The molecule has 1 atom stereocenters. The molecule has 0 aliphatic rings. The van der Waals surface area contributed by atoms with E-state index in [1.807, 2.05) is 6.92 Å². The van der Waals surface area contributed by atoms with Crippen LogP contribution >= 0.6 is 15.9 Å². The molecule has 0 fully saturated rings. The molecule has 1 aromatic rings. The van der Waals surface area contributed by atoms with Crippen molar-refractivity contribution < 1.29 is 13.2 Å². The normalized spacial score (nSPS) is 13.4. The number of methoxy groups -OCH3 is 1. The molecule has 0 aliphatic heterocycles. The molecule has 1 rings (SSSR count). The fraction of sp³-hybridized carbons (Fsp3) is 0.571. The Balaban J connectivity index is 2.84. The second-order valence-corrected chi connectivity index (χ2v) is 7.37. The van der Waals surface area contributed by atoms with E-state index in [2.05, 4.69) is 39.4 Å². The number of nitrogens with zero attached hydrogens (tertiary/aromatic N) is 1. The molecule has 7 heteroatoms. The summed E-state index contributed by atoms with van der Waals surface area (Å²) in [6.45, 7) is 8.47. The van der Waals surface area contributed by atoms with E-state index in [4.69, 9.17) is 4.74 Å². The van der Waals surface area contributed by atoms with Crippen LogP contribution in [0.4, 0.5) is 0 Å². The number of rotatable bonds is 8. The smallest absolute Gasteiger partial charge is 0.240 e. The molecule has 0 aliphatic carbocycles. The zero-order valence-electron chi connectivity index (χ0n) is 12.9. The van der Waals surface area contributed by atoms with Gasteiger partial charge in [0.25, 0.3) is 0 Å². The standard InChI is InChI=1S/C14H23BrN2O3S/c1-5-17(6-2)10-11(3)16-21(18,19)12-7-8-14(20-4)13(15)9-12/h7-9,11,16H,5-6,10H2,1-4H3. The molecule has 1 N–H and O–H groups in total. The Hall–Kier alpha value is -0.630. The number of halogens is 1. The summed E-state index contributed by atoms with van der Waals surface area (Å²) in [5.41, 5.74) is 0. The lowest BCUT2D eigenvalue weighted by Crippen LogP contribution is -2.41. The first-order valence-electron chi connectivity index (χ1n) is 6.92. The first-order valence-corrected chi connectivity index (χ1v) is 9.19. The number of likely N-dealkylation sites (N-methyl/N-ethyl adjacent to an activating group) is 1. The molecule has 1 aromatic carbocycles. The van der Waals surface area contributed by atoms with Crippen LogP contribution in [0.3, 0.4) is 0 Å². The highest BCUT2D eigenvalue weighted by Gasteiger charge is 2.19. The minimum atomic E-state index is -3.53. The van der Waals surface area contributed by atoms with Crippen molar-refractivity contribution in [1.29, 1.82) is 0 Å². The van der Waals surface area contributed by atoms with Crippen LogP contribution in [0.5, 0.6) is 5.75 Å². The molecule has 0 spiro atoms. The maximum Gasteiger partial charge on any atom is 0.240 e. The van der Waals surface area contributed by atoms with E-state index < -0.39 is 10.0 Å². The molecule has 21 heavy (non-hydrogen) atoms. The van der Waals surface area contributed by atoms with Crippen LogP contribution < -0.4 is 9.46 Å². The largest absolute Gasteiger partial charge is 0.496 e. The number of hydrogen-bond donors (Lipinski definition) is 1. The first kappa shape index (κ1) is 18.4. The molecule has 1 unspecified atom stereocenters. The second kappa shape index (κ2) is 8.12. The SMILES string of the molecule is CCN(CC)CC(C)NS(=O)(=O)c1ccc(OC)c(Br)c1. The van der Waals surface area contributed by atoms with Gasteiger partial charge in [-0.25, -0.2) is 13.1 Å². The van der Waals surface area contributed by atoms with Gasteiger partial charge >= 0.3 is 0 Å². The van der Waals surface area contributed by atoms with Crippen molar-refractivity contribution in [2.45, 2.75) is 31.7 Å². The second-order valence-electron chi connectivity index (χ2n) is 4.80. The predicted molar refractivity (Wildman–Crippen MR) is 88.3 cm³/mol. The maximum atomic E-state index is 12.4. The van der Waals surface area contributed by atoms with Crippen molar-refractivity contribution in [3.8, 4) is 5.75 Å². The van der Waals surface area contributed by atoms with E-state index in [1.54, 1.807) is 19.2 Å². The van der Waals surface area contributed by atoms with Crippen molar-refractivity contribution in [3.05, 3.63) is 22.7 Å². The van der Waals surface area contributed by atoms with Gasteiger partial charge in [-0.05, 0) is 54.1 Å². The molecule has 0 saturated carbocycles. The number of nitrogens with one attached hydrogen (secondary N) is 1. The summed E-state index contributed by atoms with van der Waals surface area (Å²) in [6.07, 6.45) is 0. The summed E-state index contributed by atoms with van der Waals surface area (Å²) in [5, 5.41) is 0. The summed E-state index contributed by atoms with van der Waals surface area (Å²) in [5.74, 6) is 0.602. The molecular weight excluding hydrogens is 356 g/mol. The quantitative estimate of drug-likeness (QED) is 0.754. The van der Waals surface area contributed by atoms with Crippen molar-refractivity contribution >= 4 is 26.0 Å². The van der Waals surface area contributed by atoms with Gasteiger partial charge in [0.1, 0.15) is 5.75 Å². The minimum absolute atomic E-state index is 0.157. The molecule has 0 bridgehead atoms. The number of ether oxygens (including phenoxy) is 1. The molecule has 0 amide bonds. The summed E-state index contributed by atoms with van der Waals surface area (Å²) in [6, 6.07) is 4.56. The highest BCUT2D eigenvalue weighted by molar-refractivity contribution is 9.10. The molecule has 0 saturated heterocycles. The van der Waals surface area contributed by atoms with Gasteiger partial charge in [0.15, 0.2) is 0 Å². The van der Waals surface area contributed by atoms with Gasteiger partial charge in [0.05, 0.1) is 16.5 Å². The van der Waals surface area contributed by atoms with Crippen molar-refractivity contribution in [2.75, 3.05) is 26.7 Å². The molecule has 5 nitrogen and oxygen atoms in total. The Morgan fingerprint density at radius 3 is 2.43 bits per heavy atom. The lowest BCUT2D eigenvalue weighted by atomic mass is 10.3. The lowest BCUT2D eigenvalue weighted by molar-refractivity contribution is 0.282. The van der Waals surface area contributed by atoms with E-state index in [-0.39, 0.29) is 10.9 Å². The molecule has 0 heterocycles. The third-order valence-corrected chi connectivity index (χ3v) is 5.42.